The molecule has 62 valence electrons. The molecular formula is C10H10O2. The van der Waals surface area contributed by atoms with Crippen LogP contribution in [0.3, 0.4) is 0 Å². The molecular weight excluding hydrogens is 152 g/mol. The lowest BCUT2D eigenvalue weighted by Gasteiger charge is -1.98. The van der Waals surface area contributed by atoms with Gasteiger partial charge in [0.2, 0.25) is 0 Å². The molecule has 12 heavy (non-hydrogen) atoms. The van der Waals surface area contributed by atoms with Gasteiger partial charge in [-0.05, 0) is 19.9 Å². The van der Waals surface area contributed by atoms with Crippen LogP contribution in [0.5, 0.6) is 5.75 Å². The normalized spacial score (nSPS) is 20.5. The Morgan fingerprint density at radius 3 is 2.92 bits per heavy atom. The molecule has 0 saturated carbocycles. The van der Waals surface area contributed by atoms with Crippen LogP contribution in [0.2, 0.25) is 0 Å². The average molecular weight is 162 g/mol. The highest BCUT2D eigenvalue weighted by Crippen LogP contribution is 2.34. The molecule has 0 radical (unpaired) electrons. The highest BCUT2D eigenvalue weighted by Gasteiger charge is 2.28. The predicted molar refractivity (Wildman–Crippen MR) is 45.2 cm³/mol. The SMILES string of the molecule is Cc1ccc2c(c1)[C@H](C)C(=O)O2. The van der Waals surface area contributed by atoms with E-state index in [9.17, 15) is 4.79 Å². The summed E-state index contributed by atoms with van der Waals surface area (Å²) >= 11 is 0. The number of fused-ring (bicyclic) bond motifs is 1. The second-order valence-corrected chi connectivity index (χ2v) is 3.18. The Balaban J connectivity index is 2.55. The van der Waals surface area contributed by atoms with Crippen molar-refractivity contribution >= 4 is 5.97 Å². The van der Waals surface area contributed by atoms with Crippen molar-refractivity contribution in [3.8, 4) is 5.75 Å². The number of ether oxygens (including phenoxy) is 1. The number of aryl methyl sites for hydroxylation is 1. The van der Waals surface area contributed by atoms with Crippen LogP contribution in [0.4, 0.5) is 0 Å². The van der Waals surface area contributed by atoms with Gasteiger partial charge in [-0.3, -0.25) is 4.79 Å². The van der Waals surface area contributed by atoms with Gasteiger partial charge >= 0.3 is 5.97 Å². The van der Waals surface area contributed by atoms with Gasteiger partial charge in [-0.2, -0.15) is 0 Å². The van der Waals surface area contributed by atoms with Crippen molar-refractivity contribution in [2.24, 2.45) is 0 Å². The van der Waals surface area contributed by atoms with E-state index in [0.717, 1.165) is 11.3 Å². The summed E-state index contributed by atoms with van der Waals surface area (Å²) in [5.41, 5.74) is 2.18. The summed E-state index contributed by atoms with van der Waals surface area (Å²) < 4.78 is 5.04. The molecule has 0 saturated heterocycles. The first kappa shape index (κ1) is 7.35. The average Bonchev–Trinajstić information content (AvgIpc) is 2.31. The summed E-state index contributed by atoms with van der Waals surface area (Å²) in [4.78, 5) is 11.1. The van der Waals surface area contributed by atoms with Gasteiger partial charge in [-0.15, -0.1) is 0 Å². The number of hydrogen-bond acceptors (Lipinski definition) is 2. The second kappa shape index (κ2) is 2.34. The number of benzene rings is 1. The largest absolute Gasteiger partial charge is 0.426 e. The standard InChI is InChI=1S/C10H10O2/c1-6-3-4-9-8(5-6)7(2)10(11)12-9/h3-5,7H,1-2H3/t7-/m0/s1. The van der Waals surface area contributed by atoms with E-state index in [4.69, 9.17) is 4.74 Å². The maximum atomic E-state index is 11.1. The van der Waals surface area contributed by atoms with Crippen LogP contribution in [0.1, 0.15) is 24.0 Å². The second-order valence-electron chi connectivity index (χ2n) is 3.18. The van der Waals surface area contributed by atoms with Crippen LogP contribution >= 0.6 is 0 Å². The highest BCUT2D eigenvalue weighted by atomic mass is 16.5. The van der Waals surface area contributed by atoms with Gasteiger partial charge in [0.05, 0.1) is 5.92 Å². The van der Waals surface area contributed by atoms with Gasteiger partial charge in [0, 0.05) is 5.56 Å². The molecule has 2 heteroatoms. The van der Waals surface area contributed by atoms with E-state index in [0.29, 0.717) is 0 Å². The maximum absolute atomic E-state index is 11.1. The third-order valence-corrected chi connectivity index (χ3v) is 2.20. The van der Waals surface area contributed by atoms with Crippen molar-refractivity contribution in [3.63, 3.8) is 0 Å². The van der Waals surface area contributed by atoms with Gasteiger partial charge in [-0.1, -0.05) is 17.7 Å². The highest BCUT2D eigenvalue weighted by molar-refractivity contribution is 5.85. The Bertz CT molecular complexity index is 342. The zero-order valence-corrected chi connectivity index (χ0v) is 7.13. The summed E-state index contributed by atoms with van der Waals surface area (Å²) in [6.45, 7) is 3.88. The van der Waals surface area contributed by atoms with Gasteiger partial charge in [0.1, 0.15) is 5.75 Å². The van der Waals surface area contributed by atoms with Crippen LogP contribution < -0.4 is 4.74 Å². The predicted octanol–water partition coefficient (Wildman–Crippen LogP) is 2.02. The lowest BCUT2D eigenvalue weighted by Crippen LogP contribution is -2.05. The first-order valence-corrected chi connectivity index (χ1v) is 4.01. The van der Waals surface area contributed by atoms with Crippen LogP contribution in [-0.4, -0.2) is 5.97 Å². The summed E-state index contributed by atoms with van der Waals surface area (Å²) in [5.74, 6) is 0.480. The first-order chi connectivity index (χ1) is 5.68. The van der Waals surface area contributed by atoms with Crippen molar-refractivity contribution in [1.29, 1.82) is 0 Å². The molecule has 2 rings (SSSR count). The van der Waals surface area contributed by atoms with E-state index in [1.54, 1.807) is 0 Å². The van der Waals surface area contributed by atoms with E-state index >= 15 is 0 Å². The summed E-state index contributed by atoms with van der Waals surface area (Å²) in [6, 6.07) is 5.81. The summed E-state index contributed by atoms with van der Waals surface area (Å²) in [5, 5.41) is 0. The fraction of sp³-hybridized carbons (Fsp3) is 0.300. The summed E-state index contributed by atoms with van der Waals surface area (Å²) in [7, 11) is 0. The van der Waals surface area contributed by atoms with E-state index in [1.165, 1.54) is 5.56 Å². The Hall–Kier alpha value is -1.31. The van der Waals surface area contributed by atoms with Gasteiger partial charge in [0.25, 0.3) is 0 Å². The van der Waals surface area contributed by atoms with Gasteiger partial charge in [0.15, 0.2) is 0 Å². The Morgan fingerprint density at radius 2 is 2.17 bits per heavy atom. The van der Waals surface area contributed by atoms with Crippen LogP contribution in [0, 0.1) is 6.92 Å². The molecule has 1 aliphatic heterocycles. The van der Waals surface area contributed by atoms with Crippen molar-refractivity contribution in [2.75, 3.05) is 0 Å². The fourth-order valence-electron chi connectivity index (χ4n) is 1.42. The van der Waals surface area contributed by atoms with Crippen LogP contribution in [0.15, 0.2) is 18.2 Å². The lowest BCUT2D eigenvalue weighted by molar-refractivity contribution is -0.133. The topological polar surface area (TPSA) is 26.3 Å². The minimum Gasteiger partial charge on any atom is -0.426 e. The molecule has 0 spiro atoms. The molecule has 1 aromatic carbocycles. The van der Waals surface area contributed by atoms with Crippen molar-refractivity contribution < 1.29 is 9.53 Å². The molecule has 1 aromatic rings. The number of hydrogen-bond donors (Lipinski definition) is 0. The lowest BCUT2D eigenvalue weighted by atomic mass is 10.0. The third kappa shape index (κ3) is 0.916. The molecule has 0 unspecified atom stereocenters. The molecule has 0 fully saturated rings. The molecule has 0 bridgehead atoms. The minimum absolute atomic E-state index is 0.0973. The van der Waals surface area contributed by atoms with Crippen molar-refractivity contribution in [3.05, 3.63) is 29.3 Å². The number of esters is 1. The number of carbonyl (C=O) groups excluding carboxylic acids is 1. The molecule has 1 atom stereocenters. The molecule has 0 aromatic heterocycles. The molecule has 1 heterocycles. The monoisotopic (exact) mass is 162 g/mol. The minimum atomic E-state index is -0.143. The van der Waals surface area contributed by atoms with E-state index in [-0.39, 0.29) is 11.9 Å². The van der Waals surface area contributed by atoms with E-state index in [2.05, 4.69) is 0 Å². The molecule has 2 nitrogen and oxygen atoms in total. The molecule has 0 amide bonds. The van der Waals surface area contributed by atoms with Crippen molar-refractivity contribution in [1.82, 2.24) is 0 Å². The Kier molecular flexibility index (Phi) is 1.43. The molecule has 1 aliphatic rings. The van der Waals surface area contributed by atoms with E-state index < -0.39 is 0 Å². The maximum Gasteiger partial charge on any atom is 0.318 e. The first-order valence-electron chi connectivity index (χ1n) is 4.01. The smallest absolute Gasteiger partial charge is 0.318 e. The quantitative estimate of drug-likeness (QED) is 0.431. The molecule has 0 aliphatic carbocycles. The zero-order valence-electron chi connectivity index (χ0n) is 7.13. The van der Waals surface area contributed by atoms with Gasteiger partial charge < -0.3 is 4.74 Å². The Labute approximate surface area is 71.2 Å². The fourth-order valence-corrected chi connectivity index (χ4v) is 1.42. The van der Waals surface area contributed by atoms with Crippen LogP contribution in [-0.2, 0) is 4.79 Å². The molecule has 0 N–H and O–H groups in total. The third-order valence-electron chi connectivity index (χ3n) is 2.20. The Morgan fingerprint density at radius 1 is 1.42 bits per heavy atom. The zero-order chi connectivity index (χ0) is 8.72. The number of carbonyl (C=O) groups is 1. The number of rotatable bonds is 0. The van der Waals surface area contributed by atoms with Crippen LogP contribution in [0.25, 0.3) is 0 Å². The van der Waals surface area contributed by atoms with Crippen molar-refractivity contribution in [2.45, 2.75) is 19.8 Å². The van der Waals surface area contributed by atoms with Gasteiger partial charge in [-0.25, -0.2) is 0 Å². The summed E-state index contributed by atoms with van der Waals surface area (Å²) in [6.07, 6.45) is 0. The van der Waals surface area contributed by atoms with E-state index in [1.807, 2.05) is 32.0 Å².